The van der Waals surface area contributed by atoms with Crippen LogP contribution in [0.2, 0.25) is 5.02 Å². The number of carbonyl (C=O) groups is 1. The van der Waals surface area contributed by atoms with Crippen LogP contribution in [0.4, 0.5) is 0 Å². The molecule has 0 amide bonds. The molecule has 0 radical (unpaired) electrons. The lowest BCUT2D eigenvalue weighted by atomic mass is 10.1. The van der Waals surface area contributed by atoms with Crippen LogP contribution in [0.1, 0.15) is 34.2 Å². The van der Waals surface area contributed by atoms with Crippen molar-refractivity contribution in [1.82, 2.24) is 4.57 Å². The molecule has 1 unspecified atom stereocenters. The second-order valence-electron chi connectivity index (χ2n) is 5.03. The molecule has 0 saturated carbocycles. The molecule has 106 valence electrons. The molecule has 0 aliphatic carbocycles. The van der Waals surface area contributed by atoms with E-state index in [0.717, 1.165) is 22.6 Å². The molecule has 0 saturated heterocycles. The van der Waals surface area contributed by atoms with E-state index < -0.39 is 5.38 Å². The van der Waals surface area contributed by atoms with Crippen LogP contribution in [-0.2, 0) is 0 Å². The molecule has 0 spiro atoms. The Morgan fingerprint density at radius 1 is 1.20 bits per heavy atom. The molecule has 4 heteroatoms. The van der Waals surface area contributed by atoms with Crippen molar-refractivity contribution in [3.8, 4) is 5.69 Å². The van der Waals surface area contributed by atoms with Gasteiger partial charge in [-0.05, 0) is 51.5 Å². The molecule has 1 aromatic heterocycles. The summed E-state index contributed by atoms with van der Waals surface area (Å²) in [5.74, 6) is -0.0516. The number of alkyl halides is 1. The number of nitrogens with zero attached hydrogens (tertiary/aromatic N) is 1. The number of ketones is 1. The molecule has 0 aliphatic heterocycles. The molecule has 1 heterocycles. The average Bonchev–Trinajstić information content (AvgIpc) is 2.67. The molecule has 0 bridgehead atoms. The molecule has 2 aromatic rings. The van der Waals surface area contributed by atoms with E-state index in [0.29, 0.717) is 10.6 Å². The zero-order valence-corrected chi connectivity index (χ0v) is 13.5. The number of rotatable bonds is 3. The largest absolute Gasteiger partial charge is 0.318 e. The Labute approximate surface area is 129 Å². The minimum atomic E-state index is -0.523. The zero-order valence-electron chi connectivity index (χ0n) is 12.0. The van der Waals surface area contributed by atoms with Crippen molar-refractivity contribution in [3.05, 3.63) is 51.8 Å². The van der Waals surface area contributed by atoms with E-state index in [1.807, 2.05) is 49.6 Å². The highest BCUT2D eigenvalue weighted by Gasteiger charge is 2.20. The predicted octanol–water partition coefficient (Wildman–Crippen LogP) is 4.87. The quantitative estimate of drug-likeness (QED) is 0.586. The minimum absolute atomic E-state index is 0.0516. The van der Waals surface area contributed by atoms with Crippen LogP contribution < -0.4 is 0 Å². The highest BCUT2D eigenvalue weighted by molar-refractivity contribution is 6.33. The Balaban J connectivity index is 2.58. The number of aromatic nitrogens is 1. The molecule has 0 fully saturated rings. The fraction of sp³-hybridized carbons (Fsp3) is 0.312. The molecule has 20 heavy (non-hydrogen) atoms. The fourth-order valence-electron chi connectivity index (χ4n) is 2.34. The van der Waals surface area contributed by atoms with Gasteiger partial charge in [0.05, 0.1) is 5.38 Å². The number of benzene rings is 1. The molecule has 2 nitrogen and oxygen atoms in total. The lowest BCUT2D eigenvalue weighted by Gasteiger charge is -2.11. The molecular formula is C16H17Cl2NO. The molecule has 0 aliphatic rings. The third-order valence-corrected chi connectivity index (χ3v) is 4.08. The topological polar surface area (TPSA) is 22.0 Å². The number of carbonyl (C=O) groups excluding carboxylic acids is 1. The first-order chi connectivity index (χ1) is 9.32. The van der Waals surface area contributed by atoms with Crippen molar-refractivity contribution in [3.63, 3.8) is 0 Å². The standard InChI is InChI=1S/C16H17Cl2NO/c1-9-5-6-13(8-15(9)18)19-10(2)7-14(12(19)4)16(20)11(3)17/h5-8,11H,1-4H3. The average molecular weight is 310 g/mol. The van der Waals surface area contributed by atoms with Crippen molar-refractivity contribution in [2.45, 2.75) is 33.1 Å². The van der Waals surface area contributed by atoms with Gasteiger partial charge in [-0.1, -0.05) is 17.7 Å². The maximum atomic E-state index is 12.1. The van der Waals surface area contributed by atoms with E-state index in [1.54, 1.807) is 6.92 Å². The van der Waals surface area contributed by atoms with Crippen LogP contribution in [0.3, 0.4) is 0 Å². The van der Waals surface area contributed by atoms with E-state index in [2.05, 4.69) is 0 Å². The summed E-state index contributed by atoms with van der Waals surface area (Å²) < 4.78 is 2.03. The van der Waals surface area contributed by atoms with Crippen LogP contribution in [0.25, 0.3) is 5.69 Å². The highest BCUT2D eigenvalue weighted by Crippen LogP contribution is 2.26. The van der Waals surface area contributed by atoms with Crippen molar-refractivity contribution >= 4 is 29.0 Å². The van der Waals surface area contributed by atoms with E-state index in [-0.39, 0.29) is 5.78 Å². The summed E-state index contributed by atoms with van der Waals surface area (Å²) in [4.78, 5) is 12.1. The number of Topliss-reactive ketones (excluding diaryl/α,β-unsaturated/α-hetero) is 1. The third-order valence-electron chi connectivity index (χ3n) is 3.47. The second-order valence-corrected chi connectivity index (χ2v) is 6.10. The van der Waals surface area contributed by atoms with Gasteiger partial charge in [-0.2, -0.15) is 0 Å². The molecular weight excluding hydrogens is 293 g/mol. The Hall–Kier alpha value is -1.25. The first kappa shape index (κ1) is 15.1. The predicted molar refractivity (Wildman–Crippen MR) is 84.6 cm³/mol. The van der Waals surface area contributed by atoms with Crippen LogP contribution in [0.15, 0.2) is 24.3 Å². The van der Waals surface area contributed by atoms with Gasteiger partial charge in [-0.3, -0.25) is 4.79 Å². The number of hydrogen-bond acceptors (Lipinski definition) is 1. The third kappa shape index (κ3) is 2.63. The van der Waals surface area contributed by atoms with Gasteiger partial charge < -0.3 is 4.57 Å². The van der Waals surface area contributed by atoms with Gasteiger partial charge in [0.25, 0.3) is 0 Å². The van der Waals surface area contributed by atoms with Gasteiger partial charge in [0, 0.05) is 27.7 Å². The maximum absolute atomic E-state index is 12.1. The minimum Gasteiger partial charge on any atom is -0.318 e. The van der Waals surface area contributed by atoms with Gasteiger partial charge in [0.2, 0.25) is 0 Å². The first-order valence-corrected chi connectivity index (χ1v) is 7.28. The highest BCUT2D eigenvalue weighted by atomic mass is 35.5. The molecule has 2 rings (SSSR count). The second kappa shape index (κ2) is 5.63. The van der Waals surface area contributed by atoms with Crippen molar-refractivity contribution in [1.29, 1.82) is 0 Å². The van der Waals surface area contributed by atoms with Gasteiger partial charge in [0.15, 0.2) is 5.78 Å². The number of aryl methyl sites for hydroxylation is 2. The summed E-state index contributed by atoms with van der Waals surface area (Å²) >= 11 is 12.1. The van der Waals surface area contributed by atoms with Gasteiger partial charge >= 0.3 is 0 Å². The smallest absolute Gasteiger partial charge is 0.182 e. The number of halogens is 2. The Morgan fingerprint density at radius 3 is 2.40 bits per heavy atom. The number of hydrogen-bond donors (Lipinski definition) is 0. The van der Waals surface area contributed by atoms with E-state index >= 15 is 0 Å². The monoisotopic (exact) mass is 309 g/mol. The van der Waals surface area contributed by atoms with E-state index in [9.17, 15) is 4.79 Å². The van der Waals surface area contributed by atoms with Crippen molar-refractivity contribution < 1.29 is 4.79 Å². The summed E-state index contributed by atoms with van der Waals surface area (Å²) in [6, 6.07) is 7.77. The summed E-state index contributed by atoms with van der Waals surface area (Å²) in [7, 11) is 0. The summed E-state index contributed by atoms with van der Waals surface area (Å²) in [6.45, 7) is 7.55. The summed E-state index contributed by atoms with van der Waals surface area (Å²) in [6.07, 6.45) is 0. The van der Waals surface area contributed by atoms with Gasteiger partial charge in [-0.15, -0.1) is 11.6 Å². The molecule has 1 aromatic carbocycles. The molecule has 1 atom stereocenters. The normalized spacial score (nSPS) is 12.5. The van der Waals surface area contributed by atoms with Crippen molar-refractivity contribution in [2.75, 3.05) is 0 Å². The van der Waals surface area contributed by atoms with E-state index in [4.69, 9.17) is 23.2 Å². The van der Waals surface area contributed by atoms with Crippen LogP contribution in [0.5, 0.6) is 0 Å². The van der Waals surface area contributed by atoms with Gasteiger partial charge in [0.1, 0.15) is 0 Å². The summed E-state index contributed by atoms with van der Waals surface area (Å²) in [5.41, 5.74) is 4.53. The van der Waals surface area contributed by atoms with Crippen LogP contribution >= 0.6 is 23.2 Å². The first-order valence-electron chi connectivity index (χ1n) is 6.46. The lowest BCUT2D eigenvalue weighted by Crippen LogP contribution is -2.11. The Bertz CT molecular complexity index is 671. The van der Waals surface area contributed by atoms with Crippen LogP contribution in [0, 0.1) is 20.8 Å². The van der Waals surface area contributed by atoms with Crippen molar-refractivity contribution in [2.24, 2.45) is 0 Å². The van der Waals surface area contributed by atoms with E-state index in [1.165, 1.54) is 0 Å². The Kier molecular flexibility index (Phi) is 4.26. The fourth-order valence-corrected chi connectivity index (χ4v) is 2.64. The summed E-state index contributed by atoms with van der Waals surface area (Å²) in [5, 5.41) is 0.194. The maximum Gasteiger partial charge on any atom is 0.182 e. The Morgan fingerprint density at radius 2 is 1.85 bits per heavy atom. The molecule has 0 N–H and O–H groups in total. The zero-order chi connectivity index (χ0) is 15.0. The van der Waals surface area contributed by atoms with Gasteiger partial charge in [-0.25, -0.2) is 0 Å². The lowest BCUT2D eigenvalue weighted by molar-refractivity contribution is 0.0991. The SMILES string of the molecule is Cc1ccc(-n2c(C)cc(C(=O)C(C)Cl)c2C)cc1Cl. The van der Waals surface area contributed by atoms with Crippen LogP contribution in [-0.4, -0.2) is 15.7 Å².